The maximum atomic E-state index is 12.2. The van der Waals surface area contributed by atoms with E-state index >= 15 is 0 Å². The molecule has 10 heteroatoms. The number of carbonyl (C=O) groups is 1. The molecule has 0 radical (unpaired) electrons. The fourth-order valence-electron chi connectivity index (χ4n) is 5.80. The average molecular weight is 525 g/mol. The minimum absolute atomic E-state index is 0.174. The van der Waals surface area contributed by atoms with Crippen LogP contribution in [-0.4, -0.2) is 96.2 Å². The van der Waals surface area contributed by atoms with Gasteiger partial charge in [-0.05, 0) is 37.3 Å². The van der Waals surface area contributed by atoms with E-state index in [9.17, 15) is 4.79 Å². The summed E-state index contributed by atoms with van der Waals surface area (Å²) in [5.74, 6) is 4.32. The fourth-order valence-corrected chi connectivity index (χ4v) is 6.18. The number of nitrogens with one attached hydrogen (secondary N) is 1. The first-order valence-corrected chi connectivity index (χ1v) is 14.7. The van der Waals surface area contributed by atoms with Gasteiger partial charge >= 0.3 is 0 Å². The molecule has 0 aliphatic carbocycles. The van der Waals surface area contributed by atoms with E-state index in [1.807, 2.05) is 11.2 Å². The number of amides is 1. The zero-order chi connectivity index (χ0) is 25.5. The molecule has 0 bridgehead atoms. The molecule has 4 aliphatic heterocycles. The van der Waals surface area contributed by atoms with Gasteiger partial charge in [0.1, 0.15) is 29.8 Å². The Labute approximate surface area is 222 Å². The second kappa shape index (κ2) is 10.3. The van der Waals surface area contributed by atoms with E-state index in [4.69, 9.17) is 9.47 Å². The molecule has 198 valence electrons. The van der Waals surface area contributed by atoms with Crippen molar-refractivity contribution in [2.24, 2.45) is 0 Å². The number of hydrogen-bond acceptors (Lipinski definition) is 9. The summed E-state index contributed by atoms with van der Waals surface area (Å²) in [6.45, 7) is 11.1. The van der Waals surface area contributed by atoms with Crippen LogP contribution in [0.3, 0.4) is 0 Å². The van der Waals surface area contributed by atoms with Crippen molar-refractivity contribution in [1.82, 2.24) is 19.8 Å². The van der Waals surface area contributed by atoms with Gasteiger partial charge in [0.15, 0.2) is 0 Å². The maximum Gasteiger partial charge on any atom is 0.223 e. The topological polar surface area (TPSA) is 83.1 Å². The van der Waals surface area contributed by atoms with E-state index in [0.717, 1.165) is 79.2 Å². The third-order valence-electron chi connectivity index (χ3n) is 8.06. The summed E-state index contributed by atoms with van der Waals surface area (Å²) < 4.78 is 12.1. The lowest BCUT2D eigenvalue weighted by atomic mass is 9.87. The number of thioether (sulfide) groups is 1. The number of rotatable bonds is 6. The third kappa shape index (κ3) is 4.75. The number of benzene rings is 1. The number of morpholine rings is 1. The molecule has 3 fully saturated rings. The molecule has 0 saturated carbocycles. The molecular weight excluding hydrogens is 488 g/mol. The number of hydrogen-bond donors (Lipinski definition) is 1. The van der Waals surface area contributed by atoms with E-state index in [-0.39, 0.29) is 6.10 Å². The Morgan fingerprint density at radius 2 is 1.95 bits per heavy atom. The van der Waals surface area contributed by atoms with Crippen molar-refractivity contribution in [2.75, 3.05) is 74.7 Å². The molecule has 0 spiro atoms. The largest absolute Gasteiger partial charge is 0.483 e. The molecule has 2 aromatic rings. The number of nitrogens with zero attached hydrogens (tertiary/aromatic N) is 5. The van der Waals surface area contributed by atoms with Crippen molar-refractivity contribution in [1.29, 1.82) is 0 Å². The van der Waals surface area contributed by atoms with Gasteiger partial charge < -0.3 is 24.6 Å². The molecule has 6 rings (SSSR count). The number of carbonyl (C=O) groups excluding carboxylic acids is 1. The second-order valence-corrected chi connectivity index (χ2v) is 11.5. The van der Waals surface area contributed by atoms with E-state index in [0.29, 0.717) is 37.5 Å². The summed E-state index contributed by atoms with van der Waals surface area (Å²) in [5.41, 5.74) is 4.43. The zero-order valence-corrected chi connectivity index (χ0v) is 22.7. The Balaban J connectivity index is 1.15. The van der Waals surface area contributed by atoms with Crippen LogP contribution in [-0.2, 0) is 9.53 Å². The molecule has 4 aliphatic rings. The summed E-state index contributed by atoms with van der Waals surface area (Å²) >= 11 is 1.73. The highest BCUT2D eigenvalue weighted by atomic mass is 32.2. The van der Waals surface area contributed by atoms with Gasteiger partial charge in [-0.2, -0.15) is 11.8 Å². The lowest BCUT2D eigenvalue weighted by Gasteiger charge is -2.52. The smallest absolute Gasteiger partial charge is 0.223 e. The number of aromatic nitrogens is 2. The van der Waals surface area contributed by atoms with Crippen LogP contribution in [0.2, 0.25) is 0 Å². The van der Waals surface area contributed by atoms with Gasteiger partial charge in [0, 0.05) is 63.4 Å². The van der Waals surface area contributed by atoms with Crippen LogP contribution >= 0.6 is 11.8 Å². The van der Waals surface area contributed by atoms with Gasteiger partial charge in [-0.1, -0.05) is 6.07 Å². The van der Waals surface area contributed by atoms with Crippen molar-refractivity contribution in [3.05, 3.63) is 35.2 Å². The van der Waals surface area contributed by atoms with Gasteiger partial charge in [-0.15, -0.1) is 0 Å². The van der Waals surface area contributed by atoms with Gasteiger partial charge in [0.25, 0.3) is 0 Å². The highest BCUT2D eigenvalue weighted by molar-refractivity contribution is 7.98. The highest BCUT2D eigenvalue weighted by Gasteiger charge is 2.41. The first-order valence-electron chi connectivity index (χ1n) is 13.3. The van der Waals surface area contributed by atoms with Crippen LogP contribution in [0, 0.1) is 6.92 Å². The Hall–Kier alpha value is -2.56. The molecular formula is C27H36N6O3S. The van der Waals surface area contributed by atoms with Crippen molar-refractivity contribution in [2.45, 2.75) is 38.3 Å². The zero-order valence-electron chi connectivity index (χ0n) is 21.9. The van der Waals surface area contributed by atoms with E-state index in [1.165, 1.54) is 5.56 Å². The van der Waals surface area contributed by atoms with Crippen LogP contribution in [0.4, 0.5) is 17.3 Å². The molecule has 1 amide bonds. The number of fused-ring (bicyclic) bond motifs is 2. The molecule has 9 nitrogen and oxygen atoms in total. The van der Waals surface area contributed by atoms with E-state index < -0.39 is 0 Å². The van der Waals surface area contributed by atoms with Gasteiger partial charge in [-0.3, -0.25) is 9.69 Å². The predicted molar refractivity (Wildman–Crippen MR) is 146 cm³/mol. The quantitative estimate of drug-likeness (QED) is 0.613. The summed E-state index contributed by atoms with van der Waals surface area (Å²) in [6, 6.07) is 5.02. The minimum Gasteiger partial charge on any atom is -0.483 e. The summed E-state index contributed by atoms with van der Waals surface area (Å²) in [4.78, 5) is 28.3. The lowest BCUT2D eigenvalue weighted by Crippen LogP contribution is -2.65. The Bertz CT molecular complexity index is 1160. The molecule has 1 aromatic heterocycles. The van der Waals surface area contributed by atoms with Crippen LogP contribution < -0.4 is 15.0 Å². The fraction of sp³-hybridized carbons (Fsp3) is 0.593. The van der Waals surface area contributed by atoms with Crippen LogP contribution in [0.25, 0.3) is 0 Å². The molecule has 37 heavy (non-hydrogen) atoms. The number of likely N-dealkylation sites (tertiary alicyclic amines) is 2. The van der Waals surface area contributed by atoms with Gasteiger partial charge in [-0.25, -0.2) is 9.97 Å². The molecule has 3 saturated heterocycles. The van der Waals surface area contributed by atoms with Crippen molar-refractivity contribution in [3.63, 3.8) is 0 Å². The Morgan fingerprint density at radius 3 is 2.70 bits per heavy atom. The van der Waals surface area contributed by atoms with Crippen LogP contribution in [0.5, 0.6) is 5.75 Å². The standard InChI is InChI=1S/C27H36N6O3S/c1-17-10-19(20-12-32(13-20)21-14-33(15-21)23(34)4-9-37-3)11-22-25(17)36-18(2)24-26(30-22)28-16-29-27(24)31-5-7-35-8-6-31/h10-11,16,18,20-21H,4-9,12-15H2,1-3H3,(H,28,29,30). The van der Waals surface area contributed by atoms with Gasteiger partial charge in [0.2, 0.25) is 5.91 Å². The van der Waals surface area contributed by atoms with Crippen LogP contribution in [0.1, 0.15) is 42.1 Å². The van der Waals surface area contributed by atoms with Crippen LogP contribution in [0.15, 0.2) is 18.5 Å². The maximum absolute atomic E-state index is 12.2. The lowest BCUT2D eigenvalue weighted by molar-refractivity contribution is -0.139. The van der Waals surface area contributed by atoms with Crippen molar-refractivity contribution >= 4 is 35.0 Å². The number of anilines is 3. The average Bonchev–Trinajstić information content (AvgIpc) is 2.99. The summed E-state index contributed by atoms with van der Waals surface area (Å²) in [7, 11) is 0. The molecule has 1 unspecified atom stereocenters. The Morgan fingerprint density at radius 1 is 1.16 bits per heavy atom. The second-order valence-electron chi connectivity index (χ2n) is 10.5. The molecule has 1 aromatic carbocycles. The first kappa shape index (κ1) is 24.8. The Kier molecular flexibility index (Phi) is 6.89. The SMILES string of the molecule is CSCCC(=O)N1CC(N2CC(c3cc(C)c4c(c3)Nc3ncnc(N5CCOCC5)c3C(C)O4)C2)C1. The molecule has 1 atom stereocenters. The highest BCUT2D eigenvalue weighted by Crippen LogP contribution is 2.45. The van der Waals surface area contributed by atoms with E-state index in [2.05, 4.69) is 51.1 Å². The normalized spacial score (nSPS) is 22.2. The monoisotopic (exact) mass is 524 g/mol. The number of aryl methyl sites for hydroxylation is 1. The number of ether oxygens (including phenoxy) is 2. The summed E-state index contributed by atoms with van der Waals surface area (Å²) in [5, 5.41) is 3.59. The first-order chi connectivity index (χ1) is 18.0. The third-order valence-corrected chi connectivity index (χ3v) is 8.67. The van der Waals surface area contributed by atoms with E-state index in [1.54, 1.807) is 18.1 Å². The summed E-state index contributed by atoms with van der Waals surface area (Å²) in [6.07, 6.45) is 4.17. The molecule has 1 N–H and O–H groups in total. The minimum atomic E-state index is -0.174. The predicted octanol–water partition coefficient (Wildman–Crippen LogP) is 3.18. The van der Waals surface area contributed by atoms with Crippen molar-refractivity contribution in [3.8, 4) is 5.75 Å². The van der Waals surface area contributed by atoms with Gasteiger partial charge in [0.05, 0.1) is 24.5 Å². The molecule has 5 heterocycles. The van der Waals surface area contributed by atoms with Crippen molar-refractivity contribution < 1.29 is 14.3 Å².